The van der Waals surface area contributed by atoms with Crippen molar-refractivity contribution in [1.29, 1.82) is 0 Å². The average molecular weight is 355 g/mol. The summed E-state index contributed by atoms with van der Waals surface area (Å²) in [4.78, 5) is 5.01. The molecule has 5 aromatic rings. The molecular formula is C23H17NOS. The van der Waals surface area contributed by atoms with Crippen LogP contribution in [0.1, 0.15) is 11.1 Å². The smallest absolute Gasteiger partial charge is 0.121 e. The molecule has 0 bridgehead atoms. The quantitative estimate of drug-likeness (QED) is 0.384. The fourth-order valence-corrected chi connectivity index (χ4v) is 4.75. The van der Waals surface area contributed by atoms with Crippen molar-refractivity contribution in [2.24, 2.45) is 0 Å². The number of thiophene rings is 1. The van der Waals surface area contributed by atoms with E-state index in [-0.39, 0.29) is 0 Å². The number of fused-ring (bicyclic) bond motifs is 4. The third kappa shape index (κ3) is 2.44. The van der Waals surface area contributed by atoms with Crippen molar-refractivity contribution < 1.29 is 4.74 Å². The summed E-state index contributed by atoms with van der Waals surface area (Å²) >= 11 is 1.84. The second kappa shape index (κ2) is 6.11. The first-order chi connectivity index (χ1) is 12.8. The van der Waals surface area contributed by atoms with Crippen LogP contribution in [0, 0.1) is 0 Å². The minimum atomic E-state index is 0.842. The van der Waals surface area contributed by atoms with Crippen LogP contribution in [0.2, 0.25) is 0 Å². The van der Waals surface area contributed by atoms with E-state index in [4.69, 9.17) is 9.72 Å². The summed E-state index contributed by atoms with van der Waals surface area (Å²) in [6.07, 6.45) is 0.898. The van der Waals surface area contributed by atoms with Gasteiger partial charge in [-0.05, 0) is 35.7 Å². The predicted octanol–water partition coefficient (Wildman–Crippen LogP) is 6.20. The Kier molecular flexibility index (Phi) is 3.61. The molecule has 126 valence electrons. The van der Waals surface area contributed by atoms with Crippen LogP contribution < -0.4 is 4.74 Å². The highest BCUT2D eigenvalue weighted by molar-refractivity contribution is 7.26. The molecule has 0 spiro atoms. The van der Waals surface area contributed by atoms with Crippen LogP contribution in [0.4, 0.5) is 0 Å². The van der Waals surface area contributed by atoms with E-state index >= 15 is 0 Å². The number of benzene rings is 3. The minimum Gasteiger partial charge on any atom is -0.497 e. The fraction of sp³-hybridized carbons (Fsp3) is 0.0870. The molecule has 0 fully saturated rings. The molecule has 0 aliphatic heterocycles. The fourth-order valence-electron chi connectivity index (χ4n) is 3.55. The van der Waals surface area contributed by atoms with Gasteiger partial charge in [-0.15, -0.1) is 11.3 Å². The molecule has 2 nitrogen and oxygen atoms in total. The Hall–Kier alpha value is -2.91. The molecular weight excluding hydrogens is 338 g/mol. The molecule has 2 heterocycles. The molecule has 2 aromatic heterocycles. The molecule has 5 rings (SSSR count). The van der Waals surface area contributed by atoms with Crippen molar-refractivity contribution in [2.75, 3.05) is 7.11 Å². The number of nitrogens with zero attached hydrogens (tertiary/aromatic N) is 1. The average Bonchev–Trinajstić information content (AvgIpc) is 3.07. The first kappa shape index (κ1) is 15.4. The largest absolute Gasteiger partial charge is 0.497 e. The molecule has 0 aliphatic carbocycles. The Labute approximate surface area is 155 Å². The molecule has 0 saturated carbocycles. The standard InChI is InChI=1S/C23H17NOS/c1-25-16-11-12-17-19(13-15-7-3-2-4-8-15)23-22(24-20(17)14-16)18-9-5-6-10-21(18)26-23/h2-12,14H,13H2,1H3. The van der Waals surface area contributed by atoms with Gasteiger partial charge >= 0.3 is 0 Å². The van der Waals surface area contributed by atoms with Crippen molar-refractivity contribution in [3.63, 3.8) is 0 Å². The van der Waals surface area contributed by atoms with E-state index in [1.165, 1.54) is 31.3 Å². The molecule has 0 amide bonds. The molecule has 0 atom stereocenters. The second-order valence-corrected chi connectivity index (χ2v) is 7.46. The van der Waals surface area contributed by atoms with Crippen molar-refractivity contribution >= 4 is 42.5 Å². The highest BCUT2D eigenvalue weighted by atomic mass is 32.1. The number of ether oxygens (including phenoxy) is 1. The number of aromatic nitrogens is 1. The van der Waals surface area contributed by atoms with Gasteiger partial charge in [-0.25, -0.2) is 4.98 Å². The Bertz CT molecular complexity index is 1240. The van der Waals surface area contributed by atoms with Crippen LogP contribution in [-0.2, 0) is 6.42 Å². The van der Waals surface area contributed by atoms with Gasteiger partial charge in [-0.1, -0.05) is 48.5 Å². The molecule has 0 N–H and O–H groups in total. The molecule has 0 unspecified atom stereocenters. The van der Waals surface area contributed by atoms with Crippen LogP contribution in [-0.4, -0.2) is 12.1 Å². The second-order valence-electron chi connectivity index (χ2n) is 6.41. The molecule has 3 aromatic carbocycles. The Morgan fingerprint density at radius 2 is 1.69 bits per heavy atom. The first-order valence-electron chi connectivity index (χ1n) is 8.65. The third-order valence-corrected chi connectivity index (χ3v) is 6.05. The van der Waals surface area contributed by atoms with Gasteiger partial charge in [-0.3, -0.25) is 0 Å². The Balaban J connectivity index is 1.87. The van der Waals surface area contributed by atoms with Crippen LogP contribution in [0.25, 0.3) is 31.2 Å². The van der Waals surface area contributed by atoms with Gasteiger partial charge < -0.3 is 4.74 Å². The van der Waals surface area contributed by atoms with Gasteiger partial charge in [0.15, 0.2) is 0 Å². The summed E-state index contributed by atoms with van der Waals surface area (Å²) in [7, 11) is 1.70. The van der Waals surface area contributed by atoms with Crippen LogP contribution in [0.5, 0.6) is 5.75 Å². The maximum atomic E-state index is 5.42. The highest BCUT2D eigenvalue weighted by Crippen LogP contribution is 2.39. The van der Waals surface area contributed by atoms with Crippen molar-refractivity contribution in [3.05, 3.63) is 83.9 Å². The lowest BCUT2D eigenvalue weighted by Gasteiger charge is -2.10. The summed E-state index contributed by atoms with van der Waals surface area (Å²) in [6, 6.07) is 25.4. The Morgan fingerprint density at radius 1 is 0.885 bits per heavy atom. The topological polar surface area (TPSA) is 22.1 Å². The van der Waals surface area contributed by atoms with E-state index < -0.39 is 0 Å². The van der Waals surface area contributed by atoms with Gasteiger partial charge in [-0.2, -0.15) is 0 Å². The van der Waals surface area contributed by atoms with Crippen LogP contribution in [0.3, 0.4) is 0 Å². The number of hydrogen-bond donors (Lipinski definition) is 0. The number of hydrogen-bond acceptors (Lipinski definition) is 3. The molecule has 3 heteroatoms. The summed E-state index contributed by atoms with van der Waals surface area (Å²) < 4.78 is 7.99. The number of pyridine rings is 1. The van der Waals surface area contributed by atoms with Crippen molar-refractivity contribution in [2.45, 2.75) is 6.42 Å². The minimum absolute atomic E-state index is 0.842. The van der Waals surface area contributed by atoms with E-state index in [1.807, 2.05) is 23.5 Å². The maximum Gasteiger partial charge on any atom is 0.121 e. The molecule has 0 radical (unpaired) electrons. The number of rotatable bonds is 3. The van der Waals surface area contributed by atoms with Crippen molar-refractivity contribution in [3.8, 4) is 5.75 Å². The molecule has 0 saturated heterocycles. The van der Waals surface area contributed by atoms with E-state index in [9.17, 15) is 0 Å². The van der Waals surface area contributed by atoms with E-state index in [2.05, 4.69) is 60.7 Å². The van der Waals surface area contributed by atoms with Gasteiger partial charge in [0, 0.05) is 21.5 Å². The zero-order chi connectivity index (χ0) is 17.5. The normalized spacial score (nSPS) is 11.4. The van der Waals surface area contributed by atoms with Gasteiger partial charge in [0.2, 0.25) is 0 Å². The van der Waals surface area contributed by atoms with Crippen LogP contribution in [0.15, 0.2) is 72.8 Å². The predicted molar refractivity (Wildman–Crippen MR) is 110 cm³/mol. The molecule has 0 aliphatic rings. The summed E-state index contributed by atoms with van der Waals surface area (Å²) in [5.41, 5.74) is 4.75. The van der Waals surface area contributed by atoms with E-state index in [0.717, 1.165) is 23.2 Å². The number of methoxy groups -OCH3 is 1. The summed E-state index contributed by atoms with van der Waals surface area (Å²) in [6.45, 7) is 0. The zero-order valence-corrected chi connectivity index (χ0v) is 15.2. The lowest BCUT2D eigenvalue weighted by Crippen LogP contribution is -1.93. The SMILES string of the molecule is COc1ccc2c(Cc3ccccc3)c3sc4ccccc4c3nc2c1. The monoisotopic (exact) mass is 355 g/mol. The summed E-state index contributed by atoms with van der Waals surface area (Å²) in [5, 5.41) is 2.43. The third-order valence-electron chi connectivity index (χ3n) is 4.83. The van der Waals surface area contributed by atoms with E-state index in [1.54, 1.807) is 7.11 Å². The first-order valence-corrected chi connectivity index (χ1v) is 9.47. The maximum absolute atomic E-state index is 5.42. The van der Waals surface area contributed by atoms with Crippen LogP contribution >= 0.6 is 11.3 Å². The lowest BCUT2D eigenvalue weighted by atomic mass is 10.00. The van der Waals surface area contributed by atoms with E-state index in [0.29, 0.717) is 0 Å². The van der Waals surface area contributed by atoms with Gasteiger partial charge in [0.25, 0.3) is 0 Å². The highest BCUT2D eigenvalue weighted by Gasteiger charge is 2.15. The van der Waals surface area contributed by atoms with Gasteiger partial charge in [0.05, 0.1) is 22.8 Å². The van der Waals surface area contributed by atoms with Gasteiger partial charge in [0.1, 0.15) is 5.75 Å². The Morgan fingerprint density at radius 3 is 2.54 bits per heavy atom. The molecule has 26 heavy (non-hydrogen) atoms. The van der Waals surface area contributed by atoms with Crippen molar-refractivity contribution in [1.82, 2.24) is 4.98 Å². The zero-order valence-electron chi connectivity index (χ0n) is 14.4. The lowest BCUT2D eigenvalue weighted by molar-refractivity contribution is 0.415. The summed E-state index contributed by atoms with van der Waals surface area (Å²) in [5.74, 6) is 0.842.